The Hall–Kier alpha value is 0.390. The van der Waals surface area contributed by atoms with Gasteiger partial charge in [0.15, 0.2) is 0 Å². The van der Waals surface area contributed by atoms with Gasteiger partial charge in [0.05, 0.1) is 7.85 Å². The first-order valence-corrected chi connectivity index (χ1v) is 2.82. The van der Waals surface area contributed by atoms with E-state index in [1.165, 1.54) is 7.17 Å². The second-order valence-electron chi connectivity index (χ2n) is 1.91. The van der Waals surface area contributed by atoms with E-state index in [0.29, 0.717) is 0 Å². The molecule has 0 rings (SSSR count). The van der Waals surface area contributed by atoms with Gasteiger partial charge in [0.25, 0.3) is 0 Å². The highest BCUT2D eigenvalue weighted by molar-refractivity contribution is 7.28. The molecule has 0 aliphatic heterocycles. The summed E-state index contributed by atoms with van der Waals surface area (Å²) in [6.45, 7) is 3.38. The highest BCUT2D eigenvalue weighted by atomic mass is 13.5. The molecular formula is C3H7B6. The van der Waals surface area contributed by atoms with Gasteiger partial charge >= 0.3 is 0 Å². The molecule has 9 radical (unpaired) electrons. The summed E-state index contributed by atoms with van der Waals surface area (Å²) >= 11 is 0. The van der Waals surface area contributed by atoms with E-state index >= 15 is 0 Å². The van der Waals surface area contributed by atoms with Gasteiger partial charge in [-0.15, -0.1) is 12.5 Å². The monoisotopic (exact) mass is 109 g/mol. The third kappa shape index (κ3) is 60.0. The molecule has 0 aromatic carbocycles. The molecule has 0 saturated heterocycles. The Morgan fingerprint density at radius 2 is 1.56 bits per heavy atom. The first-order chi connectivity index (χ1) is 4.00. The molecule has 1 atom stereocenters. The smallest absolute Gasteiger partial charge is 0.0571 e. The van der Waals surface area contributed by atoms with Crippen molar-refractivity contribution < 1.29 is 0 Å². The van der Waals surface area contributed by atoms with Crippen molar-refractivity contribution in [2.75, 3.05) is 0 Å². The maximum Gasteiger partial charge on any atom is 0.0571 e. The van der Waals surface area contributed by atoms with Crippen molar-refractivity contribution >= 4 is 44.7 Å². The van der Waals surface area contributed by atoms with Crippen LogP contribution in [0.4, 0.5) is 0 Å². The van der Waals surface area contributed by atoms with E-state index in [2.05, 4.69) is 0 Å². The highest BCUT2D eigenvalue weighted by Gasteiger charge is 1.81. The minimum atomic E-state index is -0.167. The van der Waals surface area contributed by atoms with Crippen LogP contribution in [0.2, 0.25) is 12.5 Å². The minimum absolute atomic E-state index is 0.0370. The Kier molecular flexibility index (Phi) is 11.3. The summed E-state index contributed by atoms with van der Waals surface area (Å²) in [6, 6.07) is 0. The van der Waals surface area contributed by atoms with Gasteiger partial charge in [0.2, 0.25) is 0 Å². The lowest BCUT2D eigenvalue weighted by Gasteiger charge is -1.89. The molecule has 0 amide bonds. The van der Waals surface area contributed by atoms with Crippen molar-refractivity contribution in [3.05, 3.63) is 0 Å². The van der Waals surface area contributed by atoms with Crippen molar-refractivity contribution in [2.45, 2.75) is 19.5 Å². The average Bonchev–Trinajstić information content (AvgIpc) is 1.65. The predicted octanol–water partition coefficient (Wildman–Crippen LogP) is -0.850. The number of rotatable bonds is 1. The molecule has 0 N–H and O–H groups in total. The topological polar surface area (TPSA) is 0 Å². The van der Waals surface area contributed by atoms with E-state index in [-0.39, 0.29) is 12.2 Å². The second-order valence-corrected chi connectivity index (χ2v) is 1.91. The van der Waals surface area contributed by atoms with Gasteiger partial charge in [-0.1, -0.05) is 6.92 Å². The van der Waals surface area contributed by atoms with E-state index in [1.54, 1.807) is 6.82 Å². The summed E-state index contributed by atoms with van der Waals surface area (Å²) in [6.07, 6.45) is 0. The summed E-state index contributed by atoms with van der Waals surface area (Å²) in [5.74, 6) is 0. The zero-order chi connectivity index (χ0) is 7.86. The van der Waals surface area contributed by atoms with Crippen LogP contribution in [0.15, 0.2) is 0 Å². The van der Waals surface area contributed by atoms with Crippen LogP contribution in [0, 0.1) is 0 Å². The van der Waals surface area contributed by atoms with Crippen LogP contribution >= 0.6 is 0 Å². The summed E-state index contributed by atoms with van der Waals surface area (Å²) < 4.78 is 0. The van der Waals surface area contributed by atoms with Gasteiger partial charge in [0.1, 0.15) is 0 Å². The fourth-order valence-corrected chi connectivity index (χ4v) is 0. The van der Waals surface area contributed by atoms with Gasteiger partial charge in [-0.3, -0.25) is 0 Å². The molecule has 37 valence electrons. The van der Waals surface area contributed by atoms with Gasteiger partial charge < -0.3 is 0 Å². The van der Waals surface area contributed by atoms with E-state index in [0.717, 1.165) is 0 Å². The highest BCUT2D eigenvalue weighted by Crippen LogP contribution is 1.83. The molecule has 0 aliphatic rings. The normalized spacial score (nSPS) is 10.4. The standard InChI is InChI=1S/C2H4B3.CH3B3/c1-2(3)5-4;1-4(2)3/h2H,1H3;1H3. The quantitative estimate of drug-likeness (QED) is 0.384. The molecular weight excluding hydrogens is 101 g/mol. The van der Waals surface area contributed by atoms with Crippen molar-refractivity contribution in [2.24, 2.45) is 0 Å². The van der Waals surface area contributed by atoms with Crippen molar-refractivity contribution in [3.63, 3.8) is 0 Å². The number of hydrogen-bond donors (Lipinski definition) is 0. The third-order valence-electron chi connectivity index (χ3n) is 0.304. The molecule has 0 bridgehead atoms. The zero-order valence-corrected chi connectivity index (χ0v) is 6.04. The van der Waals surface area contributed by atoms with Crippen LogP contribution in [-0.4, -0.2) is 44.7 Å². The molecule has 0 saturated carbocycles. The Bertz CT molecular complexity index is 40.8. The predicted molar refractivity (Wildman–Crippen MR) is 49.8 cm³/mol. The molecule has 0 heterocycles. The molecule has 0 fully saturated rings. The Morgan fingerprint density at radius 1 is 1.44 bits per heavy atom. The fraction of sp³-hybridized carbons (Fsp3) is 1.00. The molecule has 9 heavy (non-hydrogen) atoms. The van der Waals surface area contributed by atoms with E-state index < -0.39 is 0 Å². The molecule has 0 spiro atoms. The molecule has 0 nitrogen and oxygen atoms in total. The zero-order valence-electron chi connectivity index (χ0n) is 6.04. The SMILES string of the molecule is [B]B([B])C.[B][B]C([B])C. The van der Waals surface area contributed by atoms with E-state index in [1.807, 2.05) is 6.92 Å². The molecule has 6 heteroatoms. The third-order valence-corrected chi connectivity index (χ3v) is 0.304. The average molecular weight is 108 g/mol. The fourth-order valence-electron chi connectivity index (χ4n) is 0. The van der Waals surface area contributed by atoms with E-state index in [9.17, 15) is 0 Å². The van der Waals surface area contributed by atoms with Crippen molar-refractivity contribution in [1.29, 1.82) is 0 Å². The lowest BCUT2D eigenvalue weighted by Crippen LogP contribution is -2.03. The molecule has 0 aliphatic carbocycles. The van der Waals surface area contributed by atoms with Crippen LogP contribution in [0.5, 0.6) is 0 Å². The maximum atomic E-state index is 5.11. The largest absolute Gasteiger partial charge is 0.113 e. The van der Waals surface area contributed by atoms with Crippen LogP contribution in [0.25, 0.3) is 0 Å². The Balaban J connectivity index is 0. The maximum absolute atomic E-state index is 5.11. The Labute approximate surface area is 64.8 Å². The molecule has 1 unspecified atom stereocenters. The van der Waals surface area contributed by atoms with Crippen LogP contribution in [-0.2, 0) is 0 Å². The lowest BCUT2D eigenvalue weighted by atomic mass is 9.21. The minimum Gasteiger partial charge on any atom is -0.113 e. The molecule has 0 aromatic heterocycles. The summed E-state index contributed by atoms with van der Waals surface area (Å²) in [4.78, 5) is 0. The first-order valence-electron chi connectivity index (χ1n) is 2.82. The summed E-state index contributed by atoms with van der Waals surface area (Å²) in [5.41, 5.74) is 0.0370. The van der Waals surface area contributed by atoms with Crippen LogP contribution < -0.4 is 0 Å². The summed E-state index contributed by atoms with van der Waals surface area (Å²) in [7, 11) is 21.3. The van der Waals surface area contributed by atoms with Crippen LogP contribution in [0.1, 0.15) is 6.92 Å². The van der Waals surface area contributed by atoms with Gasteiger partial charge in [0, 0.05) is 36.9 Å². The second kappa shape index (κ2) is 8.39. The number of hydrogen-bond acceptors (Lipinski definition) is 0. The lowest BCUT2D eigenvalue weighted by molar-refractivity contribution is 1.36. The summed E-state index contributed by atoms with van der Waals surface area (Å²) in [5, 5.41) is 0. The van der Waals surface area contributed by atoms with Gasteiger partial charge in [-0.2, -0.15) is 0 Å². The van der Waals surface area contributed by atoms with Gasteiger partial charge in [-0.25, -0.2) is 0 Å². The first kappa shape index (κ1) is 12.1. The van der Waals surface area contributed by atoms with Gasteiger partial charge in [-0.05, 0) is 0 Å². The van der Waals surface area contributed by atoms with E-state index in [4.69, 9.17) is 31.1 Å². The Morgan fingerprint density at radius 3 is 1.56 bits per heavy atom. The van der Waals surface area contributed by atoms with Crippen molar-refractivity contribution in [3.8, 4) is 0 Å². The van der Waals surface area contributed by atoms with Crippen LogP contribution in [0.3, 0.4) is 0 Å². The molecule has 0 aromatic rings. The van der Waals surface area contributed by atoms with Crippen molar-refractivity contribution in [1.82, 2.24) is 0 Å².